The molecular formula is C8H16O4. The molecule has 1 fully saturated rings. The summed E-state index contributed by atoms with van der Waals surface area (Å²) in [6.45, 7) is 3.55. The van der Waals surface area contributed by atoms with Crippen LogP contribution in [0.1, 0.15) is 13.8 Å². The highest BCUT2D eigenvalue weighted by molar-refractivity contribution is 4.89. The number of ether oxygens (including phenoxy) is 2. The molecule has 0 aromatic carbocycles. The van der Waals surface area contributed by atoms with Gasteiger partial charge in [0, 0.05) is 7.11 Å². The monoisotopic (exact) mass is 176 g/mol. The third-order valence-electron chi connectivity index (χ3n) is 2.33. The van der Waals surface area contributed by atoms with E-state index in [0.29, 0.717) is 0 Å². The summed E-state index contributed by atoms with van der Waals surface area (Å²) in [5, 5.41) is 18.9. The molecule has 1 rings (SSSR count). The topological polar surface area (TPSA) is 58.9 Å². The van der Waals surface area contributed by atoms with E-state index in [-0.39, 0.29) is 12.2 Å². The van der Waals surface area contributed by atoms with Crippen molar-refractivity contribution in [3.8, 4) is 0 Å². The molecule has 1 heterocycles. The van der Waals surface area contributed by atoms with Crippen LogP contribution in [0.3, 0.4) is 0 Å². The zero-order chi connectivity index (χ0) is 9.30. The Morgan fingerprint density at radius 3 is 2.17 bits per heavy atom. The van der Waals surface area contributed by atoms with Crippen LogP contribution in [0.25, 0.3) is 0 Å². The van der Waals surface area contributed by atoms with Gasteiger partial charge in [-0.3, -0.25) is 0 Å². The van der Waals surface area contributed by atoms with Crippen LogP contribution < -0.4 is 0 Å². The summed E-state index contributed by atoms with van der Waals surface area (Å²) in [7, 11) is 1.50. The predicted octanol–water partition coefficient (Wildman–Crippen LogP) is -0.470. The molecule has 0 aromatic heterocycles. The number of rotatable bonds is 1. The molecule has 72 valence electrons. The molecule has 0 aliphatic carbocycles. The van der Waals surface area contributed by atoms with Gasteiger partial charge in [-0.25, -0.2) is 0 Å². The van der Waals surface area contributed by atoms with Crippen LogP contribution in [0.15, 0.2) is 0 Å². The van der Waals surface area contributed by atoms with E-state index in [1.54, 1.807) is 6.92 Å². The van der Waals surface area contributed by atoms with Gasteiger partial charge in [-0.1, -0.05) is 0 Å². The lowest BCUT2D eigenvalue weighted by molar-refractivity contribution is -0.219. The van der Waals surface area contributed by atoms with Crippen LogP contribution in [-0.4, -0.2) is 47.8 Å². The van der Waals surface area contributed by atoms with E-state index in [4.69, 9.17) is 9.47 Å². The molecule has 4 nitrogen and oxygen atoms in total. The zero-order valence-corrected chi connectivity index (χ0v) is 7.60. The number of methoxy groups -OCH3 is 1. The van der Waals surface area contributed by atoms with E-state index in [9.17, 15) is 10.2 Å². The maximum Gasteiger partial charge on any atom is 0.111 e. The maximum absolute atomic E-state index is 9.52. The molecule has 0 bridgehead atoms. The van der Waals surface area contributed by atoms with Gasteiger partial charge in [0.15, 0.2) is 0 Å². The second-order valence-electron chi connectivity index (χ2n) is 3.23. The molecule has 4 heteroatoms. The van der Waals surface area contributed by atoms with Crippen LogP contribution in [0.4, 0.5) is 0 Å². The molecular weight excluding hydrogens is 160 g/mol. The fraction of sp³-hybridized carbons (Fsp3) is 1.00. The minimum absolute atomic E-state index is 0.177. The number of hydrogen-bond donors (Lipinski definition) is 2. The normalized spacial score (nSPS) is 49.2. The molecule has 0 radical (unpaired) electrons. The summed E-state index contributed by atoms with van der Waals surface area (Å²) in [6.07, 6.45) is -2.65. The van der Waals surface area contributed by atoms with Gasteiger partial charge < -0.3 is 19.7 Å². The molecule has 2 N–H and O–H groups in total. The minimum atomic E-state index is -0.855. The molecule has 0 aromatic rings. The second kappa shape index (κ2) is 3.70. The number of aliphatic hydroxyl groups is 2. The Kier molecular flexibility index (Phi) is 3.06. The zero-order valence-electron chi connectivity index (χ0n) is 7.60. The first kappa shape index (κ1) is 9.92. The van der Waals surface area contributed by atoms with E-state index in [1.165, 1.54) is 7.11 Å². The first-order valence-corrected chi connectivity index (χ1v) is 4.12. The van der Waals surface area contributed by atoms with Gasteiger partial charge in [0.2, 0.25) is 0 Å². The van der Waals surface area contributed by atoms with Gasteiger partial charge in [-0.15, -0.1) is 0 Å². The van der Waals surface area contributed by atoms with Crippen LogP contribution >= 0.6 is 0 Å². The maximum atomic E-state index is 9.52. The Morgan fingerprint density at radius 1 is 1.08 bits per heavy atom. The summed E-state index contributed by atoms with van der Waals surface area (Å²) < 4.78 is 10.3. The number of hydrogen-bond acceptors (Lipinski definition) is 4. The van der Waals surface area contributed by atoms with E-state index in [0.717, 1.165) is 0 Å². The summed E-state index contributed by atoms with van der Waals surface area (Å²) in [4.78, 5) is 0. The van der Waals surface area contributed by atoms with Crippen molar-refractivity contribution in [2.75, 3.05) is 7.11 Å². The van der Waals surface area contributed by atoms with Gasteiger partial charge in [-0.2, -0.15) is 0 Å². The lowest BCUT2D eigenvalue weighted by Gasteiger charge is -2.39. The molecule has 5 atom stereocenters. The largest absolute Gasteiger partial charge is 0.388 e. The van der Waals surface area contributed by atoms with Gasteiger partial charge >= 0.3 is 0 Å². The molecule has 0 spiro atoms. The predicted molar refractivity (Wildman–Crippen MR) is 42.8 cm³/mol. The van der Waals surface area contributed by atoms with E-state index < -0.39 is 18.3 Å². The Labute approximate surface area is 72.1 Å². The van der Waals surface area contributed by atoms with Crippen molar-refractivity contribution in [2.24, 2.45) is 0 Å². The van der Waals surface area contributed by atoms with Crippen molar-refractivity contribution < 1.29 is 19.7 Å². The third kappa shape index (κ3) is 1.61. The fourth-order valence-electron chi connectivity index (χ4n) is 1.58. The highest BCUT2D eigenvalue weighted by Crippen LogP contribution is 2.22. The minimum Gasteiger partial charge on any atom is -0.388 e. The Hall–Kier alpha value is -0.160. The molecule has 12 heavy (non-hydrogen) atoms. The quantitative estimate of drug-likeness (QED) is 0.567. The first-order valence-electron chi connectivity index (χ1n) is 4.12. The Bertz CT molecular complexity index is 150. The van der Waals surface area contributed by atoms with E-state index in [1.807, 2.05) is 6.92 Å². The van der Waals surface area contributed by atoms with Crippen molar-refractivity contribution >= 4 is 0 Å². The molecule has 0 amide bonds. The van der Waals surface area contributed by atoms with Crippen molar-refractivity contribution in [1.29, 1.82) is 0 Å². The molecule has 1 aliphatic rings. The van der Waals surface area contributed by atoms with Gasteiger partial charge in [0.1, 0.15) is 18.3 Å². The Balaban J connectivity index is 2.65. The van der Waals surface area contributed by atoms with Gasteiger partial charge in [0.05, 0.1) is 12.2 Å². The fourth-order valence-corrected chi connectivity index (χ4v) is 1.58. The Morgan fingerprint density at radius 2 is 1.67 bits per heavy atom. The van der Waals surface area contributed by atoms with Crippen LogP contribution in [0.5, 0.6) is 0 Å². The molecule has 0 saturated carbocycles. The highest BCUT2D eigenvalue weighted by Gasteiger charge is 2.40. The van der Waals surface area contributed by atoms with Crippen LogP contribution in [0.2, 0.25) is 0 Å². The molecule has 0 unspecified atom stereocenters. The SMILES string of the molecule is CO[C@H]1[C@H](O)[C@@H](O)[C@H](C)O[C@H]1C. The summed E-state index contributed by atoms with van der Waals surface area (Å²) in [5.74, 6) is 0. The third-order valence-corrected chi connectivity index (χ3v) is 2.33. The van der Waals surface area contributed by atoms with E-state index in [2.05, 4.69) is 0 Å². The lowest BCUT2D eigenvalue weighted by Crippen LogP contribution is -2.56. The van der Waals surface area contributed by atoms with Crippen LogP contribution in [-0.2, 0) is 9.47 Å². The van der Waals surface area contributed by atoms with Gasteiger partial charge in [-0.05, 0) is 13.8 Å². The highest BCUT2D eigenvalue weighted by atomic mass is 16.6. The second-order valence-corrected chi connectivity index (χ2v) is 3.23. The van der Waals surface area contributed by atoms with E-state index >= 15 is 0 Å². The van der Waals surface area contributed by atoms with Crippen molar-refractivity contribution in [3.63, 3.8) is 0 Å². The molecule has 1 aliphatic heterocycles. The first-order chi connectivity index (χ1) is 5.57. The van der Waals surface area contributed by atoms with Crippen molar-refractivity contribution in [2.45, 2.75) is 44.4 Å². The average Bonchev–Trinajstić information content (AvgIpc) is 2.01. The molecule has 1 saturated heterocycles. The number of aliphatic hydroxyl groups excluding tert-OH is 2. The smallest absolute Gasteiger partial charge is 0.111 e. The van der Waals surface area contributed by atoms with Gasteiger partial charge in [0.25, 0.3) is 0 Å². The summed E-state index contributed by atoms with van der Waals surface area (Å²) in [6, 6.07) is 0. The average molecular weight is 176 g/mol. The lowest BCUT2D eigenvalue weighted by atomic mass is 9.96. The standard InChI is InChI=1S/C8H16O4/c1-4-6(9)7(10)8(11-3)5(2)12-4/h4-10H,1-3H3/t4-,5-,6-,7+,8+/m0/s1. The van der Waals surface area contributed by atoms with Crippen molar-refractivity contribution in [3.05, 3.63) is 0 Å². The summed E-state index contributed by atoms with van der Waals surface area (Å²) >= 11 is 0. The summed E-state index contributed by atoms with van der Waals surface area (Å²) in [5.41, 5.74) is 0. The van der Waals surface area contributed by atoms with Crippen molar-refractivity contribution in [1.82, 2.24) is 0 Å². The van der Waals surface area contributed by atoms with Crippen LogP contribution in [0, 0.1) is 0 Å².